The Morgan fingerprint density at radius 2 is 2.11 bits per heavy atom. The summed E-state index contributed by atoms with van der Waals surface area (Å²) in [5.74, 6) is 0.702. The standard InChI is InChI=1S/C13H17BrN2O2/c1-18-12-8-10(6-7-11(12)14)16-13(17)15-9-4-2-3-5-9/h6-9H,2-5H2,1H3,(H2,15,16,17). The molecule has 1 aromatic rings. The number of hydrogen-bond donors (Lipinski definition) is 2. The van der Waals surface area contributed by atoms with Gasteiger partial charge in [-0.2, -0.15) is 0 Å². The molecule has 1 aliphatic carbocycles. The molecule has 0 atom stereocenters. The quantitative estimate of drug-likeness (QED) is 0.897. The maximum absolute atomic E-state index is 11.8. The summed E-state index contributed by atoms with van der Waals surface area (Å²) in [5, 5.41) is 5.80. The van der Waals surface area contributed by atoms with E-state index in [2.05, 4.69) is 26.6 Å². The number of amides is 2. The number of ether oxygens (including phenoxy) is 1. The van der Waals surface area contributed by atoms with E-state index in [0.29, 0.717) is 11.8 Å². The van der Waals surface area contributed by atoms with Crippen LogP contribution in [0.2, 0.25) is 0 Å². The number of carbonyl (C=O) groups excluding carboxylic acids is 1. The van der Waals surface area contributed by atoms with E-state index in [4.69, 9.17) is 4.74 Å². The molecule has 18 heavy (non-hydrogen) atoms. The lowest BCUT2D eigenvalue weighted by atomic mass is 10.2. The average molecular weight is 313 g/mol. The van der Waals surface area contributed by atoms with E-state index in [-0.39, 0.29) is 6.03 Å². The van der Waals surface area contributed by atoms with E-state index in [1.165, 1.54) is 12.8 Å². The second kappa shape index (κ2) is 6.09. The fraction of sp³-hybridized carbons (Fsp3) is 0.462. The minimum Gasteiger partial charge on any atom is -0.495 e. The van der Waals surface area contributed by atoms with Gasteiger partial charge in [0.1, 0.15) is 5.75 Å². The molecule has 0 aromatic heterocycles. The van der Waals surface area contributed by atoms with Crippen LogP contribution in [0.25, 0.3) is 0 Å². The zero-order chi connectivity index (χ0) is 13.0. The molecule has 0 unspecified atom stereocenters. The van der Waals surface area contributed by atoms with Crippen LogP contribution in [-0.2, 0) is 0 Å². The highest BCUT2D eigenvalue weighted by Crippen LogP contribution is 2.27. The lowest BCUT2D eigenvalue weighted by Gasteiger charge is -2.13. The summed E-state index contributed by atoms with van der Waals surface area (Å²) in [6.45, 7) is 0. The maximum atomic E-state index is 11.8. The molecule has 4 nitrogen and oxygen atoms in total. The lowest BCUT2D eigenvalue weighted by molar-refractivity contribution is 0.248. The summed E-state index contributed by atoms with van der Waals surface area (Å²) in [7, 11) is 1.60. The Labute approximate surface area is 115 Å². The topological polar surface area (TPSA) is 50.4 Å². The Balaban J connectivity index is 1.93. The minimum absolute atomic E-state index is 0.147. The smallest absolute Gasteiger partial charge is 0.319 e. The van der Waals surface area contributed by atoms with E-state index in [1.54, 1.807) is 13.2 Å². The molecule has 0 spiro atoms. The van der Waals surface area contributed by atoms with Crippen LogP contribution < -0.4 is 15.4 Å². The third kappa shape index (κ3) is 3.38. The highest BCUT2D eigenvalue weighted by molar-refractivity contribution is 9.10. The SMILES string of the molecule is COc1cc(NC(=O)NC2CCCC2)ccc1Br. The molecule has 98 valence electrons. The maximum Gasteiger partial charge on any atom is 0.319 e. The summed E-state index contributed by atoms with van der Waals surface area (Å²) in [6, 6.07) is 5.65. The number of methoxy groups -OCH3 is 1. The lowest BCUT2D eigenvalue weighted by Crippen LogP contribution is -2.36. The van der Waals surface area contributed by atoms with Crippen LogP contribution in [0.4, 0.5) is 10.5 Å². The highest BCUT2D eigenvalue weighted by atomic mass is 79.9. The Kier molecular flexibility index (Phi) is 4.47. The summed E-state index contributed by atoms with van der Waals surface area (Å²) in [6.07, 6.45) is 4.57. The van der Waals surface area contributed by atoms with E-state index in [1.807, 2.05) is 12.1 Å². The number of halogens is 1. The predicted octanol–water partition coefficient (Wildman–Crippen LogP) is 3.52. The van der Waals surface area contributed by atoms with Crippen molar-refractivity contribution in [2.45, 2.75) is 31.7 Å². The second-order valence-corrected chi connectivity index (χ2v) is 5.28. The Hall–Kier alpha value is -1.23. The molecule has 1 aromatic carbocycles. The highest BCUT2D eigenvalue weighted by Gasteiger charge is 2.17. The molecule has 2 rings (SSSR count). The van der Waals surface area contributed by atoms with Crippen LogP contribution in [0.15, 0.2) is 22.7 Å². The van der Waals surface area contributed by atoms with E-state index >= 15 is 0 Å². The van der Waals surface area contributed by atoms with Crippen LogP contribution in [0.3, 0.4) is 0 Å². The first-order valence-corrected chi connectivity index (χ1v) is 6.89. The summed E-state index contributed by atoms with van der Waals surface area (Å²) < 4.78 is 6.05. The molecule has 0 bridgehead atoms. The number of benzene rings is 1. The van der Waals surface area contributed by atoms with Gasteiger partial charge in [0.25, 0.3) is 0 Å². The zero-order valence-corrected chi connectivity index (χ0v) is 11.9. The first kappa shape index (κ1) is 13.2. The van der Waals surface area contributed by atoms with Crippen molar-refractivity contribution < 1.29 is 9.53 Å². The van der Waals surface area contributed by atoms with E-state index in [9.17, 15) is 4.79 Å². The molecule has 5 heteroatoms. The first-order valence-electron chi connectivity index (χ1n) is 6.10. The molecule has 1 saturated carbocycles. The fourth-order valence-electron chi connectivity index (χ4n) is 2.16. The van der Waals surface area contributed by atoms with Gasteiger partial charge in [-0.15, -0.1) is 0 Å². The molecule has 2 N–H and O–H groups in total. The van der Waals surface area contributed by atoms with Gasteiger partial charge in [-0.3, -0.25) is 0 Å². The predicted molar refractivity (Wildman–Crippen MR) is 75.1 cm³/mol. The summed E-state index contributed by atoms with van der Waals surface area (Å²) >= 11 is 3.37. The van der Waals surface area contributed by atoms with Crippen molar-refractivity contribution >= 4 is 27.6 Å². The van der Waals surface area contributed by atoms with Crippen molar-refractivity contribution in [3.63, 3.8) is 0 Å². The van der Waals surface area contributed by atoms with E-state index < -0.39 is 0 Å². The van der Waals surface area contributed by atoms with Gasteiger partial charge in [-0.1, -0.05) is 12.8 Å². The molecular formula is C13H17BrN2O2. The fourth-order valence-corrected chi connectivity index (χ4v) is 2.57. The van der Waals surface area contributed by atoms with Gasteiger partial charge in [0.15, 0.2) is 0 Å². The normalized spacial score (nSPS) is 15.4. The number of anilines is 1. The Morgan fingerprint density at radius 1 is 1.39 bits per heavy atom. The Bertz CT molecular complexity index is 431. The summed E-state index contributed by atoms with van der Waals surface area (Å²) in [4.78, 5) is 11.8. The third-order valence-corrected chi connectivity index (χ3v) is 3.75. The molecule has 2 amide bonds. The second-order valence-electron chi connectivity index (χ2n) is 4.43. The van der Waals surface area contributed by atoms with Gasteiger partial charge >= 0.3 is 6.03 Å². The third-order valence-electron chi connectivity index (χ3n) is 3.10. The number of rotatable bonds is 3. The van der Waals surface area contributed by atoms with Gasteiger partial charge in [0.2, 0.25) is 0 Å². The molecule has 0 heterocycles. The average Bonchev–Trinajstić information content (AvgIpc) is 2.84. The molecule has 1 fully saturated rings. The number of urea groups is 1. The van der Waals surface area contributed by atoms with Crippen LogP contribution >= 0.6 is 15.9 Å². The van der Waals surface area contributed by atoms with Crippen LogP contribution in [0, 0.1) is 0 Å². The van der Waals surface area contributed by atoms with Crippen molar-refractivity contribution in [2.75, 3.05) is 12.4 Å². The van der Waals surface area contributed by atoms with Crippen LogP contribution in [0.1, 0.15) is 25.7 Å². The summed E-state index contributed by atoms with van der Waals surface area (Å²) in [5.41, 5.74) is 0.727. The molecular weight excluding hydrogens is 296 g/mol. The molecule has 0 aliphatic heterocycles. The number of hydrogen-bond acceptors (Lipinski definition) is 2. The van der Waals surface area contributed by atoms with Gasteiger partial charge < -0.3 is 15.4 Å². The largest absolute Gasteiger partial charge is 0.495 e. The monoisotopic (exact) mass is 312 g/mol. The van der Waals surface area contributed by atoms with Gasteiger partial charge in [-0.25, -0.2) is 4.79 Å². The van der Waals surface area contributed by atoms with Crippen molar-refractivity contribution in [1.29, 1.82) is 0 Å². The van der Waals surface area contributed by atoms with Crippen molar-refractivity contribution in [1.82, 2.24) is 5.32 Å². The number of carbonyl (C=O) groups is 1. The zero-order valence-electron chi connectivity index (χ0n) is 10.3. The molecule has 1 aliphatic rings. The van der Waals surface area contributed by atoms with Gasteiger partial charge in [-0.05, 0) is 40.9 Å². The molecule has 0 saturated heterocycles. The first-order chi connectivity index (χ1) is 8.69. The van der Waals surface area contributed by atoms with Crippen molar-refractivity contribution in [3.05, 3.63) is 22.7 Å². The number of nitrogens with one attached hydrogen (secondary N) is 2. The van der Waals surface area contributed by atoms with E-state index in [0.717, 1.165) is 23.0 Å². The Morgan fingerprint density at radius 3 is 2.78 bits per heavy atom. The minimum atomic E-state index is -0.147. The van der Waals surface area contributed by atoms with Crippen molar-refractivity contribution in [2.24, 2.45) is 0 Å². The van der Waals surface area contributed by atoms with Crippen LogP contribution in [0.5, 0.6) is 5.75 Å². The van der Waals surface area contributed by atoms with Crippen molar-refractivity contribution in [3.8, 4) is 5.75 Å². The van der Waals surface area contributed by atoms with Gasteiger partial charge in [0, 0.05) is 17.8 Å². The molecule has 0 radical (unpaired) electrons. The van der Waals surface area contributed by atoms with Crippen LogP contribution in [-0.4, -0.2) is 19.2 Å². The van der Waals surface area contributed by atoms with Gasteiger partial charge in [0.05, 0.1) is 11.6 Å².